The number of ether oxygens (including phenoxy) is 1. The molecule has 0 unspecified atom stereocenters. The molecule has 0 spiro atoms. The van der Waals surface area contributed by atoms with Crippen molar-refractivity contribution in [2.24, 2.45) is 0 Å². The molecule has 0 N–H and O–H groups in total. The molecule has 7 heteroatoms. The van der Waals surface area contributed by atoms with E-state index in [0.29, 0.717) is 16.5 Å². The molecule has 25 heavy (non-hydrogen) atoms. The maximum atomic E-state index is 11.5. The Kier molecular flexibility index (Phi) is 4.86. The van der Waals surface area contributed by atoms with E-state index in [1.165, 1.54) is 0 Å². The van der Waals surface area contributed by atoms with Gasteiger partial charge in [0.2, 0.25) is 0 Å². The second kappa shape index (κ2) is 6.78. The Hall–Kier alpha value is -1.89. The quantitative estimate of drug-likeness (QED) is 0.552. The fourth-order valence-corrected chi connectivity index (χ4v) is 4.98. The van der Waals surface area contributed by atoms with Gasteiger partial charge >= 0.3 is 0 Å². The minimum Gasteiger partial charge on any atom is -0.457 e. The van der Waals surface area contributed by atoms with Crippen molar-refractivity contribution in [3.63, 3.8) is 0 Å². The summed E-state index contributed by atoms with van der Waals surface area (Å²) in [5, 5.41) is 0.606. The molecule has 4 nitrogen and oxygen atoms in total. The molecule has 130 valence electrons. The van der Waals surface area contributed by atoms with Crippen molar-refractivity contribution >= 4 is 31.1 Å². The molecule has 0 aliphatic rings. The van der Waals surface area contributed by atoms with Gasteiger partial charge in [-0.25, -0.2) is 13.4 Å². The highest BCUT2D eigenvalue weighted by molar-refractivity contribution is 8.15. The minimum absolute atomic E-state index is 0.0831. The van der Waals surface area contributed by atoms with Crippen LogP contribution >= 0.6 is 22.0 Å². The Labute approximate surface area is 155 Å². The third kappa shape index (κ3) is 4.21. The van der Waals surface area contributed by atoms with Crippen LogP contribution in [0.15, 0.2) is 46.7 Å². The first-order valence-electron chi connectivity index (χ1n) is 7.51. The zero-order valence-electron chi connectivity index (χ0n) is 13.9. The fraction of sp³-hybridized carbons (Fsp3) is 0.167. The molecule has 0 aliphatic carbocycles. The second-order valence-corrected chi connectivity index (χ2v) is 9.54. The van der Waals surface area contributed by atoms with E-state index in [0.717, 1.165) is 33.8 Å². The van der Waals surface area contributed by atoms with Crippen molar-refractivity contribution in [1.29, 1.82) is 0 Å². The van der Waals surface area contributed by atoms with Crippen LogP contribution in [0.2, 0.25) is 0 Å². The van der Waals surface area contributed by atoms with Gasteiger partial charge in [-0.15, -0.1) is 11.3 Å². The van der Waals surface area contributed by atoms with E-state index in [-0.39, 0.29) is 4.21 Å². The summed E-state index contributed by atoms with van der Waals surface area (Å²) in [6, 6.07) is 13.4. The zero-order chi connectivity index (χ0) is 18.2. The van der Waals surface area contributed by atoms with E-state index >= 15 is 0 Å². The number of rotatable bonds is 4. The van der Waals surface area contributed by atoms with E-state index in [1.807, 2.05) is 50.2 Å². The fourth-order valence-electron chi connectivity index (χ4n) is 2.53. The number of aromatic nitrogens is 1. The average Bonchev–Trinajstić information content (AvgIpc) is 2.89. The van der Waals surface area contributed by atoms with Crippen LogP contribution in [0.1, 0.15) is 16.8 Å². The first-order valence-corrected chi connectivity index (χ1v) is 10.6. The first-order chi connectivity index (χ1) is 11.7. The van der Waals surface area contributed by atoms with Gasteiger partial charge in [0, 0.05) is 16.2 Å². The Morgan fingerprint density at radius 3 is 2.08 bits per heavy atom. The monoisotopic (exact) mass is 393 g/mol. The van der Waals surface area contributed by atoms with Crippen LogP contribution < -0.4 is 4.74 Å². The van der Waals surface area contributed by atoms with Crippen LogP contribution in [0.25, 0.3) is 10.6 Å². The predicted molar refractivity (Wildman–Crippen MR) is 101 cm³/mol. The number of hydrogen-bond acceptors (Lipinski definition) is 5. The SMILES string of the molecule is Cc1cc(C)cc(Oc2ccc(-c3nc(C)c(S(=O)(=O)Cl)s3)cc2)c1. The van der Waals surface area contributed by atoms with Crippen LogP contribution in [0.4, 0.5) is 0 Å². The molecule has 3 rings (SSSR count). The van der Waals surface area contributed by atoms with E-state index in [4.69, 9.17) is 15.4 Å². The van der Waals surface area contributed by atoms with Gasteiger partial charge in [0.15, 0.2) is 4.21 Å². The van der Waals surface area contributed by atoms with Crippen molar-refractivity contribution in [2.75, 3.05) is 0 Å². The molecule has 0 saturated carbocycles. The van der Waals surface area contributed by atoms with Gasteiger partial charge in [-0.3, -0.25) is 0 Å². The predicted octanol–water partition coefficient (Wildman–Crippen LogP) is 5.46. The van der Waals surface area contributed by atoms with E-state index < -0.39 is 9.05 Å². The molecule has 1 heterocycles. The Morgan fingerprint density at radius 2 is 1.56 bits per heavy atom. The highest BCUT2D eigenvalue weighted by Crippen LogP contribution is 2.34. The van der Waals surface area contributed by atoms with Crippen molar-refractivity contribution in [2.45, 2.75) is 25.0 Å². The number of nitrogens with zero attached hydrogens (tertiary/aromatic N) is 1. The molecule has 0 atom stereocenters. The number of halogens is 1. The molecule has 1 aromatic heterocycles. The van der Waals surface area contributed by atoms with Crippen molar-refractivity contribution < 1.29 is 13.2 Å². The topological polar surface area (TPSA) is 56.3 Å². The lowest BCUT2D eigenvalue weighted by Crippen LogP contribution is -1.88. The highest BCUT2D eigenvalue weighted by atomic mass is 35.7. The Bertz CT molecular complexity index is 1000. The molecule has 0 amide bonds. The largest absolute Gasteiger partial charge is 0.457 e. The third-order valence-corrected chi connectivity index (χ3v) is 6.89. The van der Waals surface area contributed by atoms with E-state index in [2.05, 4.69) is 11.1 Å². The zero-order valence-corrected chi connectivity index (χ0v) is 16.3. The highest BCUT2D eigenvalue weighted by Gasteiger charge is 2.19. The number of benzene rings is 2. The average molecular weight is 394 g/mol. The summed E-state index contributed by atoms with van der Waals surface area (Å²) in [6.45, 7) is 5.68. The molecule has 0 aliphatic heterocycles. The van der Waals surface area contributed by atoms with E-state index in [9.17, 15) is 8.42 Å². The molecule has 0 radical (unpaired) electrons. The molecular weight excluding hydrogens is 378 g/mol. The molecule has 0 saturated heterocycles. The van der Waals surface area contributed by atoms with Crippen LogP contribution in [-0.4, -0.2) is 13.4 Å². The lowest BCUT2D eigenvalue weighted by molar-refractivity contribution is 0.482. The Morgan fingerprint density at radius 1 is 0.960 bits per heavy atom. The lowest BCUT2D eigenvalue weighted by atomic mass is 10.1. The molecular formula is C18H16ClNO3S2. The smallest absolute Gasteiger partial charge is 0.272 e. The molecule has 3 aromatic rings. The van der Waals surface area contributed by atoms with Crippen LogP contribution in [0, 0.1) is 20.8 Å². The summed E-state index contributed by atoms with van der Waals surface area (Å²) >= 11 is 1.06. The van der Waals surface area contributed by atoms with Gasteiger partial charge in [-0.2, -0.15) is 0 Å². The van der Waals surface area contributed by atoms with Crippen molar-refractivity contribution in [3.8, 4) is 22.1 Å². The van der Waals surface area contributed by atoms with Gasteiger partial charge in [0.1, 0.15) is 16.5 Å². The maximum Gasteiger partial charge on any atom is 0.272 e. The molecule has 2 aromatic carbocycles. The summed E-state index contributed by atoms with van der Waals surface area (Å²) in [7, 11) is 1.65. The first kappa shape index (κ1) is 17.9. The summed E-state index contributed by atoms with van der Waals surface area (Å²) in [5.74, 6) is 1.48. The normalized spacial score (nSPS) is 11.5. The van der Waals surface area contributed by atoms with Gasteiger partial charge in [0.05, 0.1) is 5.69 Å². The summed E-state index contributed by atoms with van der Waals surface area (Å²) in [5.41, 5.74) is 3.50. The van der Waals surface area contributed by atoms with Crippen LogP contribution in [-0.2, 0) is 9.05 Å². The lowest BCUT2D eigenvalue weighted by Gasteiger charge is -2.08. The van der Waals surface area contributed by atoms with Gasteiger partial charge in [-0.05, 0) is 68.3 Å². The van der Waals surface area contributed by atoms with Crippen molar-refractivity contribution in [3.05, 3.63) is 59.3 Å². The van der Waals surface area contributed by atoms with Crippen LogP contribution in [0.5, 0.6) is 11.5 Å². The van der Waals surface area contributed by atoms with Gasteiger partial charge in [0.25, 0.3) is 9.05 Å². The third-order valence-electron chi connectivity index (χ3n) is 3.51. The van der Waals surface area contributed by atoms with Crippen LogP contribution in [0.3, 0.4) is 0 Å². The Balaban J connectivity index is 1.85. The number of thiazole rings is 1. The summed E-state index contributed by atoms with van der Waals surface area (Å²) in [4.78, 5) is 4.30. The summed E-state index contributed by atoms with van der Waals surface area (Å²) in [6.07, 6.45) is 0. The molecule has 0 fully saturated rings. The maximum absolute atomic E-state index is 11.5. The van der Waals surface area contributed by atoms with Gasteiger partial charge < -0.3 is 4.74 Å². The standard InChI is InChI=1S/C18H16ClNO3S2/c1-11-8-12(2)10-16(9-11)23-15-6-4-14(5-7-15)17-20-13(3)18(24-17)25(19,21)22/h4-10H,1-3H3. The molecule has 0 bridgehead atoms. The minimum atomic E-state index is -3.77. The number of aryl methyl sites for hydroxylation is 3. The van der Waals surface area contributed by atoms with E-state index in [1.54, 1.807) is 6.92 Å². The van der Waals surface area contributed by atoms with Crippen molar-refractivity contribution in [1.82, 2.24) is 4.98 Å². The van der Waals surface area contributed by atoms with Gasteiger partial charge in [-0.1, -0.05) is 6.07 Å². The second-order valence-electron chi connectivity index (χ2n) is 5.78. The number of hydrogen-bond donors (Lipinski definition) is 0. The summed E-state index contributed by atoms with van der Waals surface area (Å²) < 4.78 is 29.0.